The summed E-state index contributed by atoms with van der Waals surface area (Å²) in [4.78, 5) is 11.5. The first-order valence-corrected chi connectivity index (χ1v) is 6.29. The Morgan fingerprint density at radius 2 is 2.00 bits per heavy atom. The molecule has 1 aromatic rings. The predicted molar refractivity (Wildman–Crippen MR) is 64.4 cm³/mol. The summed E-state index contributed by atoms with van der Waals surface area (Å²) in [5.74, 6) is 0.435. The van der Waals surface area contributed by atoms with Crippen LogP contribution in [0.5, 0.6) is 5.75 Å². The second kappa shape index (κ2) is 5.81. The number of carbonyl (C=O) groups excluding carboxylic acids is 1. The maximum Gasteiger partial charge on any atom is 0.324 e. The van der Waals surface area contributed by atoms with E-state index in [2.05, 4.69) is 6.92 Å². The van der Waals surface area contributed by atoms with Gasteiger partial charge in [0, 0.05) is 0 Å². The number of rotatable bonds is 4. The molecule has 15 heavy (non-hydrogen) atoms. The van der Waals surface area contributed by atoms with E-state index in [9.17, 15) is 4.79 Å². The van der Waals surface area contributed by atoms with Crippen LogP contribution in [0.4, 0.5) is 0 Å². The maximum absolute atomic E-state index is 11.5. The Morgan fingerprint density at radius 3 is 2.47 bits per heavy atom. The number of ether oxygens (including phenoxy) is 1. The monoisotopic (exact) mass is 224 g/mol. The molecule has 0 fully saturated rings. The van der Waals surface area contributed by atoms with E-state index >= 15 is 0 Å². The van der Waals surface area contributed by atoms with Crippen LogP contribution in [0.15, 0.2) is 24.3 Å². The third-order valence-electron chi connectivity index (χ3n) is 2.24. The van der Waals surface area contributed by atoms with Crippen molar-refractivity contribution >= 4 is 17.7 Å². The summed E-state index contributed by atoms with van der Waals surface area (Å²) in [6, 6.07) is 7.63. The molecule has 0 amide bonds. The fourth-order valence-electron chi connectivity index (χ4n) is 1.09. The summed E-state index contributed by atoms with van der Waals surface area (Å²) in [7, 11) is 0. The number of hydrogen-bond donors (Lipinski definition) is 0. The molecule has 1 atom stereocenters. The van der Waals surface area contributed by atoms with Crippen LogP contribution in [0.3, 0.4) is 0 Å². The number of thioether (sulfide) groups is 1. The van der Waals surface area contributed by atoms with Crippen molar-refractivity contribution in [3.63, 3.8) is 0 Å². The van der Waals surface area contributed by atoms with Gasteiger partial charge in [0.1, 0.15) is 5.75 Å². The van der Waals surface area contributed by atoms with Gasteiger partial charge in [-0.05, 0) is 37.3 Å². The van der Waals surface area contributed by atoms with E-state index < -0.39 is 0 Å². The van der Waals surface area contributed by atoms with Crippen LogP contribution < -0.4 is 4.74 Å². The van der Waals surface area contributed by atoms with E-state index in [1.807, 2.05) is 37.4 Å². The summed E-state index contributed by atoms with van der Waals surface area (Å²) in [5, 5.41) is -0.115. The Morgan fingerprint density at radius 1 is 1.40 bits per heavy atom. The third-order valence-corrected chi connectivity index (χ3v) is 3.14. The van der Waals surface area contributed by atoms with Crippen molar-refractivity contribution in [2.24, 2.45) is 0 Å². The van der Waals surface area contributed by atoms with Crippen molar-refractivity contribution in [2.75, 3.05) is 6.26 Å². The van der Waals surface area contributed by atoms with Gasteiger partial charge in [0.2, 0.25) is 0 Å². The van der Waals surface area contributed by atoms with Crippen molar-refractivity contribution in [2.45, 2.75) is 25.5 Å². The number of esters is 1. The van der Waals surface area contributed by atoms with E-state index in [0.29, 0.717) is 5.75 Å². The quantitative estimate of drug-likeness (QED) is 0.581. The summed E-state index contributed by atoms with van der Waals surface area (Å²) < 4.78 is 5.21. The summed E-state index contributed by atoms with van der Waals surface area (Å²) in [6.45, 7) is 3.93. The minimum atomic E-state index is -0.188. The zero-order valence-electron chi connectivity index (χ0n) is 9.32. The lowest BCUT2D eigenvalue weighted by Crippen LogP contribution is -2.19. The summed E-state index contributed by atoms with van der Waals surface area (Å²) in [6.07, 6.45) is 2.89. The average Bonchev–Trinajstić information content (AvgIpc) is 2.29. The average molecular weight is 224 g/mol. The van der Waals surface area contributed by atoms with Gasteiger partial charge in [-0.3, -0.25) is 4.79 Å². The molecular weight excluding hydrogens is 208 g/mol. The minimum Gasteiger partial charge on any atom is -0.426 e. The third kappa shape index (κ3) is 3.59. The first-order chi connectivity index (χ1) is 7.17. The second-order valence-corrected chi connectivity index (χ2v) is 4.48. The molecule has 1 rings (SSSR count). The molecule has 0 saturated heterocycles. The topological polar surface area (TPSA) is 26.3 Å². The van der Waals surface area contributed by atoms with Gasteiger partial charge in [0.25, 0.3) is 0 Å². The highest BCUT2D eigenvalue weighted by atomic mass is 32.2. The maximum atomic E-state index is 11.5. The molecule has 0 aromatic heterocycles. The molecule has 0 saturated carbocycles. The van der Waals surface area contributed by atoms with Gasteiger partial charge in [-0.25, -0.2) is 0 Å². The van der Waals surface area contributed by atoms with Gasteiger partial charge in [-0.2, -0.15) is 11.8 Å². The van der Waals surface area contributed by atoms with E-state index in [0.717, 1.165) is 6.42 Å². The highest BCUT2D eigenvalue weighted by Gasteiger charge is 2.13. The van der Waals surface area contributed by atoms with Crippen molar-refractivity contribution in [1.82, 2.24) is 0 Å². The SMILES string of the molecule is CCc1ccc(OC(=O)C(C)SC)cc1. The molecule has 0 N–H and O–H groups in total. The lowest BCUT2D eigenvalue weighted by atomic mass is 10.2. The van der Waals surface area contributed by atoms with E-state index in [-0.39, 0.29) is 11.2 Å². The Hall–Kier alpha value is -0.960. The first-order valence-electron chi connectivity index (χ1n) is 5.00. The van der Waals surface area contributed by atoms with Crippen LogP contribution >= 0.6 is 11.8 Å². The minimum absolute atomic E-state index is 0.115. The molecule has 0 bridgehead atoms. The number of aryl methyl sites for hydroxylation is 1. The van der Waals surface area contributed by atoms with Gasteiger partial charge in [-0.1, -0.05) is 19.1 Å². The standard InChI is InChI=1S/C12H16O2S/c1-4-10-5-7-11(8-6-10)14-12(13)9(2)15-3/h5-9H,4H2,1-3H3. The zero-order chi connectivity index (χ0) is 11.3. The summed E-state index contributed by atoms with van der Waals surface area (Å²) in [5.41, 5.74) is 1.24. The van der Waals surface area contributed by atoms with Gasteiger partial charge < -0.3 is 4.74 Å². The van der Waals surface area contributed by atoms with Crippen molar-refractivity contribution in [1.29, 1.82) is 0 Å². The predicted octanol–water partition coefficient (Wildman–Crippen LogP) is 2.91. The van der Waals surface area contributed by atoms with Gasteiger partial charge in [-0.15, -0.1) is 0 Å². The molecule has 82 valence electrons. The Bertz CT molecular complexity index is 319. The number of hydrogen-bond acceptors (Lipinski definition) is 3. The molecule has 2 nitrogen and oxygen atoms in total. The lowest BCUT2D eigenvalue weighted by molar-refractivity contribution is -0.133. The van der Waals surface area contributed by atoms with Crippen LogP contribution in [-0.2, 0) is 11.2 Å². The highest BCUT2D eigenvalue weighted by molar-refractivity contribution is 7.99. The van der Waals surface area contributed by atoms with Crippen LogP contribution in [0.1, 0.15) is 19.4 Å². The van der Waals surface area contributed by atoms with Crippen LogP contribution in [-0.4, -0.2) is 17.5 Å². The molecule has 0 aliphatic carbocycles. The second-order valence-electron chi connectivity index (χ2n) is 3.30. The lowest BCUT2D eigenvalue weighted by Gasteiger charge is -2.08. The Balaban J connectivity index is 2.61. The number of carbonyl (C=O) groups is 1. The van der Waals surface area contributed by atoms with Gasteiger partial charge >= 0.3 is 5.97 Å². The summed E-state index contributed by atoms with van der Waals surface area (Å²) >= 11 is 1.49. The smallest absolute Gasteiger partial charge is 0.324 e. The van der Waals surface area contributed by atoms with Crippen molar-refractivity contribution < 1.29 is 9.53 Å². The number of benzene rings is 1. The molecule has 1 aromatic carbocycles. The highest BCUT2D eigenvalue weighted by Crippen LogP contribution is 2.15. The van der Waals surface area contributed by atoms with Crippen LogP contribution in [0.25, 0.3) is 0 Å². The molecule has 0 heterocycles. The van der Waals surface area contributed by atoms with Crippen molar-refractivity contribution in [3.05, 3.63) is 29.8 Å². The molecule has 0 radical (unpaired) electrons. The van der Waals surface area contributed by atoms with E-state index in [1.165, 1.54) is 17.3 Å². The normalized spacial score (nSPS) is 12.2. The fraction of sp³-hybridized carbons (Fsp3) is 0.417. The van der Waals surface area contributed by atoms with Gasteiger partial charge in [0.15, 0.2) is 0 Å². The van der Waals surface area contributed by atoms with Gasteiger partial charge in [0.05, 0.1) is 5.25 Å². The Kier molecular flexibility index (Phi) is 4.69. The molecule has 0 spiro atoms. The van der Waals surface area contributed by atoms with Crippen LogP contribution in [0.2, 0.25) is 0 Å². The fourth-order valence-corrected chi connectivity index (χ4v) is 1.33. The molecule has 3 heteroatoms. The molecule has 0 aliphatic heterocycles. The van der Waals surface area contributed by atoms with E-state index in [4.69, 9.17) is 4.74 Å². The molecular formula is C12H16O2S. The molecule has 1 unspecified atom stereocenters. The molecule has 0 aliphatic rings. The van der Waals surface area contributed by atoms with Crippen LogP contribution in [0, 0.1) is 0 Å². The largest absolute Gasteiger partial charge is 0.426 e. The zero-order valence-corrected chi connectivity index (χ0v) is 10.1. The van der Waals surface area contributed by atoms with Crippen molar-refractivity contribution in [3.8, 4) is 5.75 Å². The van der Waals surface area contributed by atoms with E-state index in [1.54, 1.807) is 0 Å². The first kappa shape index (κ1) is 12.1. The Labute approximate surface area is 95.0 Å².